The van der Waals surface area contributed by atoms with Gasteiger partial charge < -0.3 is 4.74 Å². The van der Waals surface area contributed by atoms with Crippen LogP contribution in [0.4, 0.5) is 0 Å². The van der Waals surface area contributed by atoms with Crippen LogP contribution in [0.25, 0.3) is 10.4 Å². The third kappa shape index (κ3) is 5.58. The second kappa shape index (κ2) is 8.76. The number of azide groups is 1. The highest BCUT2D eigenvalue weighted by Crippen LogP contribution is 2.36. The molecule has 0 saturated heterocycles. The van der Waals surface area contributed by atoms with E-state index in [1.54, 1.807) is 6.92 Å². The maximum Gasteiger partial charge on any atom is 0.321 e. The van der Waals surface area contributed by atoms with Crippen LogP contribution in [0, 0.1) is 5.41 Å². The zero-order valence-electron chi connectivity index (χ0n) is 14.5. The highest BCUT2D eigenvalue weighted by atomic mass is 32.2. The van der Waals surface area contributed by atoms with Gasteiger partial charge in [-0.1, -0.05) is 58.0 Å². The number of ether oxygens (including phenoxy) is 1. The summed E-state index contributed by atoms with van der Waals surface area (Å²) in [6, 6.07) is 9.22. The average Bonchev–Trinajstić information content (AvgIpc) is 2.54. The van der Waals surface area contributed by atoms with Gasteiger partial charge in [-0.3, -0.25) is 9.59 Å². The van der Waals surface area contributed by atoms with Gasteiger partial charge in [0.15, 0.2) is 0 Å². The van der Waals surface area contributed by atoms with Crippen molar-refractivity contribution in [2.75, 3.05) is 5.75 Å². The second-order valence-corrected chi connectivity index (χ2v) is 8.20. The number of carbonyl (C=O) groups is 2. The molecule has 0 bridgehead atoms. The molecule has 1 amide bonds. The standard InChI is InChI=1S/C17H23N3O3S/c1-5-17(14(21)19-20-18,12-24-16(2,3)4)15(22)23-11-13-9-7-6-8-10-13/h6-10H,5,11-12H2,1-4H3. The molecule has 0 heterocycles. The van der Waals surface area contributed by atoms with Crippen LogP contribution in [-0.2, 0) is 20.9 Å². The maximum absolute atomic E-state index is 12.7. The summed E-state index contributed by atoms with van der Waals surface area (Å²) in [6.07, 6.45) is 0.210. The molecular formula is C17H23N3O3S. The van der Waals surface area contributed by atoms with Gasteiger partial charge in [0.05, 0.1) is 0 Å². The van der Waals surface area contributed by atoms with Gasteiger partial charge in [0.1, 0.15) is 12.0 Å². The van der Waals surface area contributed by atoms with E-state index >= 15 is 0 Å². The Bertz CT molecular complexity index is 622. The summed E-state index contributed by atoms with van der Waals surface area (Å²) in [4.78, 5) is 27.5. The molecule has 0 N–H and O–H groups in total. The number of carbonyl (C=O) groups excluding carboxylic acids is 2. The Balaban J connectivity index is 2.98. The molecule has 24 heavy (non-hydrogen) atoms. The van der Waals surface area contributed by atoms with Crippen LogP contribution >= 0.6 is 11.8 Å². The maximum atomic E-state index is 12.7. The third-order valence-electron chi connectivity index (χ3n) is 3.50. The highest BCUT2D eigenvalue weighted by molar-refractivity contribution is 8.00. The molecule has 130 valence electrons. The van der Waals surface area contributed by atoms with Crippen LogP contribution in [0.1, 0.15) is 39.7 Å². The monoisotopic (exact) mass is 349 g/mol. The molecular weight excluding hydrogens is 326 g/mol. The van der Waals surface area contributed by atoms with Crippen LogP contribution in [0.3, 0.4) is 0 Å². The summed E-state index contributed by atoms with van der Waals surface area (Å²) >= 11 is 1.46. The first-order chi connectivity index (χ1) is 11.2. The van der Waals surface area contributed by atoms with Crippen molar-refractivity contribution in [3.05, 3.63) is 46.3 Å². The van der Waals surface area contributed by atoms with Crippen molar-refractivity contribution in [2.45, 2.75) is 45.5 Å². The zero-order chi connectivity index (χ0) is 18.2. The van der Waals surface area contributed by atoms with Gasteiger partial charge in [0.25, 0.3) is 0 Å². The van der Waals surface area contributed by atoms with E-state index in [-0.39, 0.29) is 23.5 Å². The summed E-state index contributed by atoms with van der Waals surface area (Å²) in [5.41, 5.74) is 7.96. The Morgan fingerprint density at radius 3 is 2.38 bits per heavy atom. The van der Waals surface area contributed by atoms with E-state index in [9.17, 15) is 9.59 Å². The minimum Gasteiger partial charge on any atom is -0.460 e. The molecule has 0 spiro atoms. The lowest BCUT2D eigenvalue weighted by Gasteiger charge is -2.30. The van der Waals surface area contributed by atoms with Crippen molar-refractivity contribution < 1.29 is 14.3 Å². The Hall–Kier alpha value is -1.98. The van der Waals surface area contributed by atoms with Crippen molar-refractivity contribution in [3.63, 3.8) is 0 Å². The topological polar surface area (TPSA) is 92.1 Å². The smallest absolute Gasteiger partial charge is 0.321 e. The molecule has 1 atom stereocenters. The van der Waals surface area contributed by atoms with Crippen LogP contribution in [0.15, 0.2) is 35.4 Å². The van der Waals surface area contributed by atoms with Crippen LogP contribution in [-0.4, -0.2) is 22.4 Å². The predicted molar refractivity (Wildman–Crippen MR) is 95.3 cm³/mol. The Kier molecular flexibility index (Phi) is 7.32. The Labute approximate surface area is 146 Å². The molecule has 0 radical (unpaired) electrons. The molecule has 7 heteroatoms. The van der Waals surface area contributed by atoms with Gasteiger partial charge in [-0.05, 0) is 22.6 Å². The number of amides is 1. The third-order valence-corrected chi connectivity index (χ3v) is 5.01. The molecule has 0 aliphatic heterocycles. The van der Waals surface area contributed by atoms with E-state index in [2.05, 4.69) is 10.0 Å². The molecule has 0 aliphatic rings. The fourth-order valence-corrected chi connectivity index (χ4v) is 3.07. The Morgan fingerprint density at radius 1 is 1.25 bits per heavy atom. The van der Waals surface area contributed by atoms with Gasteiger partial charge in [-0.25, -0.2) is 0 Å². The van der Waals surface area contributed by atoms with E-state index in [1.807, 2.05) is 51.1 Å². The predicted octanol–water partition coefficient (Wildman–Crippen LogP) is 4.49. The summed E-state index contributed by atoms with van der Waals surface area (Å²) in [7, 11) is 0. The van der Waals surface area contributed by atoms with Crippen molar-refractivity contribution in [1.29, 1.82) is 0 Å². The largest absolute Gasteiger partial charge is 0.460 e. The van der Waals surface area contributed by atoms with Gasteiger partial charge in [0, 0.05) is 15.4 Å². The summed E-state index contributed by atoms with van der Waals surface area (Å²) in [5.74, 6) is -1.23. The van der Waals surface area contributed by atoms with Crippen molar-refractivity contribution in [2.24, 2.45) is 10.5 Å². The molecule has 0 saturated carbocycles. The minimum absolute atomic E-state index is 0.0746. The summed E-state index contributed by atoms with van der Waals surface area (Å²) < 4.78 is 5.22. The van der Waals surface area contributed by atoms with Crippen molar-refractivity contribution >= 4 is 23.6 Å². The first-order valence-corrected chi connectivity index (χ1v) is 8.68. The Morgan fingerprint density at radius 2 is 1.88 bits per heavy atom. The van der Waals surface area contributed by atoms with Gasteiger partial charge in [-0.15, -0.1) is 0 Å². The van der Waals surface area contributed by atoms with Crippen molar-refractivity contribution in [1.82, 2.24) is 0 Å². The van der Waals surface area contributed by atoms with Gasteiger partial charge in [0.2, 0.25) is 5.91 Å². The first-order valence-electron chi connectivity index (χ1n) is 7.70. The minimum atomic E-state index is -1.46. The summed E-state index contributed by atoms with van der Waals surface area (Å²) in [6.45, 7) is 7.77. The molecule has 0 aromatic heterocycles. The average molecular weight is 349 g/mol. The zero-order valence-corrected chi connectivity index (χ0v) is 15.3. The van der Waals surface area contributed by atoms with E-state index in [0.717, 1.165) is 5.56 Å². The number of nitrogens with zero attached hydrogens (tertiary/aromatic N) is 3. The second-order valence-electron chi connectivity index (χ2n) is 6.39. The van der Waals surface area contributed by atoms with Crippen molar-refractivity contribution in [3.8, 4) is 0 Å². The SMILES string of the molecule is CCC(CSC(C)(C)C)(C(=O)N=[N+]=[N-])C(=O)OCc1ccccc1. The highest BCUT2D eigenvalue weighted by Gasteiger charge is 2.46. The van der Waals surface area contributed by atoms with Crippen LogP contribution in [0.5, 0.6) is 0 Å². The molecule has 1 unspecified atom stereocenters. The van der Waals surface area contributed by atoms with Crippen LogP contribution in [0.2, 0.25) is 0 Å². The number of hydrogen-bond donors (Lipinski definition) is 0. The molecule has 0 fully saturated rings. The lowest BCUT2D eigenvalue weighted by atomic mass is 9.86. The fraction of sp³-hybridized carbons (Fsp3) is 0.529. The van der Waals surface area contributed by atoms with E-state index < -0.39 is 17.3 Å². The first kappa shape index (κ1) is 20.1. The number of thioether (sulfide) groups is 1. The molecule has 0 aliphatic carbocycles. The fourth-order valence-electron chi connectivity index (χ4n) is 1.94. The lowest BCUT2D eigenvalue weighted by Crippen LogP contribution is -2.42. The van der Waals surface area contributed by atoms with Gasteiger partial charge in [-0.2, -0.15) is 11.8 Å². The number of benzene rings is 1. The molecule has 1 rings (SSSR count). The van der Waals surface area contributed by atoms with Gasteiger partial charge >= 0.3 is 5.97 Å². The lowest BCUT2D eigenvalue weighted by molar-refractivity contribution is -0.160. The normalized spacial score (nSPS) is 13.5. The number of hydrogen-bond acceptors (Lipinski definition) is 4. The summed E-state index contributed by atoms with van der Waals surface area (Å²) in [5, 5.41) is 3.17. The quantitative estimate of drug-likeness (QED) is 0.238. The molecule has 6 nitrogen and oxygen atoms in total. The number of rotatable bonds is 7. The van der Waals surface area contributed by atoms with E-state index in [1.165, 1.54) is 11.8 Å². The molecule has 1 aromatic carbocycles. The van der Waals surface area contributed by atoms with E-state index in [4.69, 9.17) is 10.3 Å². The van der Waals surface area contributed by atoms with E-state index in [0.29, 0.717) is 0 Å². The van der Waals surface area contributed by atoms with Crippen LogP contribution < -0.4 is 0 Å². The number of esters is 1. The molecule has 1 aromatic rings.